The SMILES string of the molecule is COc1cc(Br)cc(C(=O)c2cccnc2)c1. The summed E-state index contributed by atoms with van der Waals surface area (Å²) in [6.07, 6.45) is 3.19. The minimum absolute atomic E-state index is 0.0716. The van der Waals surface area contributed by atoms with Crippen LogP contribution in [-0.2, 0) is 0 Å². The van der Waals surface area contributed by atoms with Gasteiger partial charge in [0.2, 0.25) is 0 Å². The zero-order valence-electron chi connectivity index (χ0n) is 9.18. The van der Waals surface area contributed by atoms with Crippen LogP contribution < -0.4 is 4.74 Å². The second-order valence-electron chi connectivity index (χ2n) is 3.45. The first kappa shape index (κ1) is 11.8. The molecule has 0 N–H and O–H groups in total. The van der Waals surface area contributed by atoms with Crippen molar-refractivity contribution in [1.29, 1.82) is 0 Å². The molecule has 17 heavy (non-hydrogen) atoms. The molecule has 0 aliphatic rings. The number of methoxy groups -OCH3 is 1. The highest BCUT2D eigenvalue weighted by atomic mass is 79.9. The van der Waals surface area contributed by atoms with Crippen LogP contribution in [0.25, 0.3) is 0 Å². The molecule has 86 valence electrons. The van der Waals surface area contributed by atoms with Crippen molar-refractivity contribution in [2.45, 2.75) is 0 Å². The summed E-state index contributed by atoms with van der Waals surface area (Å²) < 4.78 is 5.93. The monoisotopic (exact) mass is 291 g/mol. The highest BCUT2D eigenvalue weighted by Gasteiger charge is 2.11. The lowest BCUT2D eigenvalue weighted by Crippen LogP contribution is -2.02. The second kappa shape index (κ2) is 5.10. The first-order valence-electron chi connectivity index (χ1n) is 5.00. The normalized spacial score (nSPS) is 10.0. The van der Waals surface area contributed by atoms with E-state index in [2.05, 4.69) is 20.9 Å². The predicted molar refractivity (Wildman–Crippen MR) is 68.4 cm³/mol. The van der Waals surface area contributed by atoms with Crippen LogP contribution in [0.15, 0.2) is 47.2 Å². The molecule has 4 heteroatoms. The number of carbonyl (C=O) groups excluding carboxylic acids is 1. The molecule has 0 atom stereocenters. The van der Waals surface area contributed by atoms with E-state index in [1.54, 1.807) is 49.8 Å². The van der Waals surface area contributed by atoms with Crippen molar-refractivity contribution in [2.24, 2.45) is 0 Å². The predicted octanol–water partition coefficient (Wildman–Crippen LogP) is 3.08. The van der Waals surface area contributed by atoms with E-state index < -0.39 is 0 Å². The maximum atomic E-state index is 12.2. The molecule has 0 unspecified atom stereocenters. The molecule has 0 bridgehead atoms. The van der Waals surface area contributed by atoms with Gasteiger partial charge in [0, 0.05) is 28.0 Å². The van der Waals surface area contributed by atoms with Crippen LogP contribution in [0.1, 0.15) is 15.9 Å². The van der Waals surface area contributed by atoms with Gasteiger partial charge < -0.3 is 4.74 Å². The standard InChI is InChI=1S/C13H10BrNO2/c1-17-12-6-10(5-11(14)7-12)13(16)9-3-2-4-15-8-9/h2-8H,1H3. The van der Waals surface area contributed by atoms with E-state index in [1.165, 1.54) is 0 Å². The zero-order chi connectivity index (χ0) is 12.3. The molecule has 0 radical (unpaired) electrons. The Balaban J connectivity index is 2.41. The van der Waals surface area contributed by atoms with E-state index in [0.29, 0.717) is 16.9 Å². The van der Waals surface area contributed by atoms with Gasteiger partial charge in [0.15, 0.2) is 5.78 Å². The van der Waals surface area contributed by atoms with Gasteiger partial charge in [0.25, 0.3) is 0 Å². The molecule has 2 rings (SSSR count). The summed E-state index contributed by atoms with van der Waals surface area (Å²) >= 11 is 3.35. The van der Waals surface area contributed by atoms with E-state index >= 15 is 0 Å². The lowest BCUT2D eigenvalue weighted by molar-refractivity contribution is 0.103. The molecular weight excluding hydrogens is 282 g/mol. The van der Waals surface area contributed by atoms with Crippen molar-refractivity contribution < 1.29 is 9.53 Å². The van der Waals surface area contributed by atoms with E-state index in [-0.39, 0.29) is 5.78 Å². The van der Waals surface area contributed by atoms with Crippen LogP contribution >= 0.6 is 15.9 Å². The van der Waals surface area contributed by atoms with Crippen molar-refractivity contribution >= 4 is 21.7 Å². The average molecular weight is 292 g/mol. The summed E-state index contributed by atoms with van der Waals surface area (Å²) in [5.41, 5.74) is 1.14. The number of aromatic nitrogens is 1. The molecule has 1 heterocycles. The van der Waals surface area contributed by atoms with Crippen molar-refractivity contribution in [3.63, 3.8) is 0 Å². The van der Waals surface area contributed by atoms with Crippen LogP contribution in [0.4, 0.5) is 0 Å². The van der Waals surface area contributed by atoms with E-state index in [0.717, 1.165) is 4.47 Å². The molecule has 0 saturated carbocycles. The molecule has 0 aliphatic carbocycles. The maximum Gasteiger partial charge on any atom is 0.194 e. The minimum Gasteiger partial charge on any atom is -0.497 e. The van der Waals surface area contributed by atoms with Gasteiger partial charge in [-0.1, -0.05) is 15.9 Å². The van der Waals surface area contributed by atoms with Gasteiger partial charge in [0.1, 0.15) is 5.75 Å². The number of ketones is 1. The fraction of sp³-hybridized carbons (Fsp3) is 0.0769. The third kappa shape index (κ3) is 2.71. The Kier molecular flexibility index (Phi) is 3.54. The van der Waals surface area contributed by atoms with Crippen LogP contribution in [0.2, 0.25) is 0 Å². The molecule has 0 amide bonds. The van der Waals surface area contributed by atoms with Gasteiger partial charge in [-0.2, -0.15) is 0 Å². The summed E-state index contributed by atoms with van der Waals surface area (Å²) in [7, 11) is 1.57. The van der Waals surface area contributed by atoms with Crippen molar-refractivity contribution in [3.8, 4) is 5.75 Å². The Labute approximate surface area is 108 Å². The third-order valence-electron chi connectivity index (χ3n) is 2.29. The smallest absolute Gasteiger partial charge is 0.194 e. The molecule has 0 aliphatic heterocycles. The van der Waals surface area contributed by atoms with Gasteiger partial charge in [0.05, 0.1) is 7.11 Å². The molecule has 1 aromatic heterocycles. The van der Waals surface area contributed by atoms with Gasteiger partial charge >= 0.3 is 0 Å². The number of nitrogens with zero attached hydrogens (tertiary/aromatic N) is 1. The van der Waals surface area contributed by atoms with Gasteiger partial charge in [-0.25, -0.2) is 0 Å². The van der Waals surface area contributed by atoms with E-state index in [4.69, 9.17) is 4.74 Å². The molecule has 2 aromatic rings. The Morgan fingerprint density at radius 2 is 2.12 bits per heavy atom. The van der Waals surface area contributed by atoms with Gasteiger partial charge in [-0.15, -0.1) is 0 Å². The van der Waals surface area contributed by atoms with Crippen molar-refractivity contribution in [3.05, 3.63) is 58.3 Å². The molecule has 0 fully saturated rings. The Hall–Kier alpha value is -1.68. The molecule has 0 saturated heterocycles. The number of hydrogen-bond donors (Lipinski definition) is 0. The van der Waals surface area contributed by atoms with Crippen LogP contribution in [0, 0.1) is 0 Å². The van der Waals surface area contributed by atoms with Crippen LogP contribution in [-0.4, -0.2) is 17.9 Å². The number of hydrogen-bond acceptors (Lipinski definition) is 3. The van der Waals surface area contributed by atoms with Crippen molar-refractivity contribution in [2.75, 3.05) is 7.11 Å². The number of carbonyl (C=O) groups is 1. The van der Waals surface area contributed by atoms with E-state index in [9.17, 15) is 4.79 Å². The van der Waals surface area contributed by atoms with Gasteiger partial charge in [-0.05, 0) is 30.3 Å². The average Bonchev–Trinajstić information content (AvgIpc) is 2.38. The van der Waals surface area contributed by atoms with Gasteiger partial charge in [-0.3, -0.25) is 9.78 Å². The summed E-state index contributed by atoms with van der Waals surface area (Å²) in [6.45, 7) is 0. The molecule has 1 aromatic carbocycles. The largest absolute Gasteiger partial charge is 0.497 e. The van der Waals surface area contributed by atoms with Crippen LogP contribution in [0.3, 0.4) is 0 Å². The third-order valence-corrected chi connectivity index (χ3v) is 2.75. The summed E-state index contributed by atoms with van der Waals surface area (Å²) in [4.78, 5) is 16.1. The highest BCUT2D eigenvalue weighted by Crippen LogP contribution is 2.22. The topological polar surface area (TPSA) is 39.2 Å². The van der Waals surface area contributed by atoms with Crippen LogP contribution in [0.5, 0.6) is 5.75 Å². The Bertz CT molecular complexity index is 540. The number of rotatable bonds is 3. The first-order valence-corrected chi connectivity index (χ1v) is 5.79. The first-order chi connectivity index (χ1) is 8.20. The molecule has 0 spiro atoms. The number of pyridine rings is 1. The second-order valence-corrected chi connectivity index (χ2v) is 4.37. The molecular formula is C13H10BrNO2. The number of halogens is 1. The molecule has 3 nitrogen and oxygen atoms in total. The fourth-order valence-electron chi connectivity index (χ4n) is 1.48. The van der Waals surface area contributed by atoms with Crippen molar-refractivity contribution in [1.82, 2.24) is 4.98 Å². The summed E-state index contributed by atoms with van der Waals surface area (Å²) in [6, 6.07) is 8.75. The number of benzene rings is 1. The maximum absolute atomic E-state index is 12.2. The minimum atomic E-state index is -0.0716. The highest BCUT2D eigenvalue weighted by molar-refractivity contribution is 9.10. The summed E-state index contributed by atoms with van der Waals surface area (Å²) in [5.74, 6) is 0.573. The fourth-order valence-corrected chi connectivity index (χ4v) is 1.95. The Morgan fingerprint density at radius 3 is 2.76 bits per heavy atom. The van der Waals surface area contributed by atoms with E-state index in [1.807, 2.05) is 0 Å². The lowest BCUT2D eigenvalue weighted by Gasteiger charge is -2.05. The summed E-state index contributed by atoms with van der Waals surface area (Å²) in [5, 5.41) is 0. The zero-order valence-corrected chi connectivity index (χ0v) is 10.8. The number of ether oxygens (including phenoxy) is 1. The Morgan fingerprint density at radius 1 is 1.29 bits per heavy atom. The quantitative estimate of drug-likeness (QED) is 0.816. The lowest BCUT2D eigenvalue weighted by atomic mass is 10.1.